The fourth-order valence-corrected chi connectivity index (χ4v) is 2.86. The molecule has 22 heavy (non-hydrogen) atoms. The highest BCUT2D eigenvalue weighted by Gasteiger charge is 2.21. The van der Waals surface area contributed by atoms with Crippen LogP contribution in [-0.2, 0) is 4.74 Å². The predicted molar refractivity (Wildman–Crippen MR) is 96.4 cm³/mol. The minimum atomic E-state index is -0.531. The Kier molecular flexibility index (Phi) is 4.87. The van der Waals surface area contributed by atoms with E-state index in [-0.39, 0.29) is 6.09 Å². The molecule has 3 nitrogen and oxygen atoms in total. The van der Waals surface area contributed by atoms with Crippen LogP contribution in [-0.4, -0.2) is 16.3 Å². The summed E-state index contributed by atoms with van der Waals surface area (Å²) in [4.78, 5) is 12.4. The Hall–Kier alpha value is -1.07. The fourth-order valence-electron chi connectivity index (χ4n) is 2.21. The van der Waals surface area contributed by atoms with Crippen molar-refractivity contribution >= 4 is 38.0 Å². The molecule has 2 aromatic rings. The van der Waals surface area contributed by atoms with E-state index in [9.17, 15) is 4.79 Å². The first kappa shape index (κ1) is 17.3. The third kappa shape index (κ3) is 3.82. The summed E-state index contributed by atoms with van der Waals surface area (Å²) in [5.41, 5.74) is 3.51. The fraction of sp³-hybridized carbons (Fsp3) is 0.353. The molecule has 2 rings (SSSR count). The van der Waals surface area contributed by atoms with Crippen LogP contribution in [0.25, 0.3) is 11.3 Å². The molecule has 0 unspecified atom stereocenters. The second-order valence-corrected chi connectivity index (χ2v) is 8.03. The zero-order valence-corrected chi connectivity index (χ0v) is 16.5. The predicted octanol–water partition coefficient (Wildman–Crippen LogP) is 6.08. The summed E-state index contributed by atoms with van der Waals surface area (Å²) in [7, 11) is 0. The molecule has 0 N–H and O–H groups in total. The second-order valence-electron chi connectivity index (χ2n) is 6.32. The standard InChI is InChI=1S/C17H19Br2NO2/c1-10-6-12(7-11(2)15(10)19)14-8-13(18)9-20(14)16(21)22-17(3,4)5/h6-9H,1-5H3. The Morgan fingerprint density at radius 2 is 1.64 bits per heavy atom. The van der Waals surface area contributed by atoms with Crippen molar-refractivity contribution in [3.05, 3.63) is 44.5 Å². The van der Waals surface area contributed by atoms with Gasteiger partial charge < -0.3 is 4.74 Å². The Bertz CT molecular complexity index is 704. The average molecular weight is 429 g/mol. The van der Waals surface area contributed by atoms with Crippen LogP contribution in [0.2, 0.25) is 0 Å². The lowest BCUT2D eigenvalue weighted by Crippen LogP contribution is -2.27. The summed E-state index contributed by atoms with van der Waals surface area (Å²) >= 11 is 7.01. The van der Waals surface area contributed by atoms with E-state index >= 15 is 0 Å². The van der Waals surface area contributed by atoms with E-state index in [2.05, 4.69) is 44.0 Å². The summed E-state index contributed by atoms with van der Waals surface area (Å²) in [5.74, 6) is 0. The van der Waals surface area contributed by atoms with Crippen LogP contribution in [0.3, 0.4) is 0 Å². The monoisotopic (exact) mass is 427 g/mol. The van der Waals surface area contributed by atoms with Gasteiger partial charge in [0.15, 0.2) is 0 Å². The Labute approximate surface area is 147 Å². The molecule has 0 amide bonds. The van der Waals surface area contributed by atoms with Crippen molar-refractivity contribution in [2.45, 2.75) is 40.2 Å². The minimum Gasteiger partial charge on any atom is -0.443 e. The highest BCUT2D eigenvalue weighted by Crippen LogP contribution is 2.31. The van der Waals surface area contributed by atoms with Crippen LogP contribution in [0.15, 0.2) is 33.3 Å². The SMILES string of the molecule is Cc1cc(-c2cc(Br)cn2C(=O)OC(C)(C)C)cc(C)c1Br. The highest BCUT2D eigenvalue weighted by molar-refractivity contribution is 9.10. The van der Waals surface area contributed by atoms with E-state index in [0.29, 0.717) is 0 Å². The van der Waals surface area contributed by atoms with Crippen LogP contribution in [0, 0.1) is 13.8 Å². The highest BCUT2D eigenvalue weighted by atomic mass is 79.9. The summed E-state index contributed by atoms with van der Waals surface area (Å²) in [6.45, 7) is 9.65. The van der Waals surface area contributed by atoms with Crippen LogP contribution >= 0.6 is 31.9 Å². The summed E-state index contributed by atoms with van der Waals surface area (Å²) < 4.78 is 8.94. The number of rotatable bonds is 1. The van der Waals surface area contributed by atoms with Gasteiger partial charge in [0.25, 0.3) is 0 Å². The normalized spacial score (nSPS) is 11.6. The largest absolute Gasteiger partial charge is 0.443 e. The molecule has 1 aromatic heterocycles. The van der Waals surface area contributed by atoms with Gasteiger partial charge in [0.05, 0.1) is 5.69 Å². The van der Waals surface area contributed by atoms with Gasteiger partial charge in [-0.15, -0.1) is 0 Å². The molecule has 0 saturated heterocycles. The van der Waals surface area contributed by atoms with Crippen molar-refractivity contribution in [1.29, 1.82) is 0 Å². The van der Waals surface area contributed by atoms with Crippen molar-refractivity contribution in [1.82, 2.24) is 4.57 Å². The Balaban J connectivity index is 2.51. The summed E-state index contributed by atoms with van der Waals surface area (Å²) in [5, 5.41) is 0. The quantitative estimate of drug-likeness (QED) is 0.550. The Morgan fingerprint density at radius 1 is 1.09 bits per heavy atom. The third-order valence-electron chi connectivity index (χ3n) is 3.11. The topological polar surface area (TPSA) is 31.2 Å². The Morgan fingerprint density at radius 3 is 2.14 bits per heavy atom. The van der Waals surface area contributed by atoms with Crippen LogP contribution < -0.4 is 0 Å². The molecule has 0 saturated carbocycles. The number of carbonyl (C=O) groups is 1. The van der Waals surface area contributed by atoms with Gasteiger partial charge in [-0.2, -0.15) is 0 Å². The first-order valence-electron chi connectivity index (χ1n) is 6.97. The van der Waals surface area contributed by atoms with Gasteiger partial charge in [0.2, 0.25) is 0 Å². The summed E-state index contributed by atoms with van der Waals surface area (Å²) in [6.07, 6.45) is 1.35. The van der Waals surface area contributed by atoms with Crippen molar-refractivity contribution in [3.63, 3.8) is 0 Å². The van der Waals surface area contributed by atoms with Crippen LogP contribution in [0.5, 0.6) is 0 Å². The molecule has 0 radical (unpaired) electrons. The second kappa shape index (κ2) is 6.20. The zero-order valence-electron chi connectivity index (χ0n) is 13.3. The molecule has 0 atom stereocenters. The van der Waals surface area contributed by atoms with Crippen molar-refractivity contribution in [2.24, 2.45) is 0 Å². The lowest BCUT2D eigenvalue weighted by Gasteiger charge is -2.20. The number of aryl methyl sites for hydroxylation is 2. The molecule has 5 heteroatoms. The van der Waals surface area contributed by atoms with Crippen LogP contribution in [0.1, 0.15) is 31.9 Å². The van der Waals surface area contributed by atoms with Gasteiger partial charge in [0.1, 0.15) is 5.60 Å². The van der Waals surface area contributed by atoms with Crippen molar-refractivity contribution in [3.8, 4) is 11.3 Å². The van der Waals surface area contributed by atoms with E-state index in [4.69, 9.17) is 4.74 Å². The number of aromatic nitrogens is 1. The molecule has 0 aliphatic heterocycles. The lowest BCUT2D eigenvalue weighted by molar-refractivity contribution is 0.0540. The molecule has 1 heterocycles. The number of hydrogen-bond acceptors (Lipinski definition) is 2. The number of hydrogen-bond donors (Lipinski definition) is 0. The van der Waals surface area contributed by atoms with Crippen molar-refractivity contribution < 1.29 is 9.53 Å². The van der Waals surface area contributed by atoms with E-state index < -0.39 is 5.60 Å². The summed E-state index contributed by atoms with van der Waals surface area (Å²) in [6, 6.07) is 6.03. The van der Waals surface area contributed by atoms with Gasteiger partial charge >= 0.3 is 6.09 Å². The molecule has 118 valence electrons. The lowest BCUT2D eigenvalue weighted by atomic mass is 10.1. The number of nitrogens with zero attached hydrogens (tertiary/aromatic N) is 1. The average Bonchev–Trinajstić information content (AvgIpc) is 2.75. The zero-order chi connectivity index (χ0) is 16.7. The first-order chi connectivity index (χ1) is 10.1. The smallest absolute Gasteiger partial charge is 0.419 e. The molecule has 0 fully saturated rings. The molecule has 1 aromatic carbocycles. The maximum absolute atomic E-state index is 12.4. The van der Waals surface area contributed by atoms with Crippen LogP contribution in [0.4, 0.5) is 4.79 Å². The van der Waals surface area contributed by atoms with Gasteiger partial charge in [0, 0.05) is 15.1 Å². The molecule has 0 aliphatic rings. The maximum atomic E-state index is 12.4. The minimum absolute atomic E-state index is 0.383. The number of carbonyl (C=O) groups excluding carboxylic acids is 1. The van der Waals surface area contributed by atoms with Crippen molar-refractivity contribution in [2.75, 3.05) is 0 Å². The molecular weight excluding hydrogens is 410 g/mol. The molecule has 0 spiro atoms. The number of ether oxygens (including phenoxy) is 1. The molecule has 0 bridgehead atoms. The first-order valence-corrected chi connectivity index (χ1v) is 8.55. The van der Waals surface area contributed by atoms with Gasteiger partial charge in [-0.05, 0) is 85.4 Å². The molecule has 0 aliphatic carbocycles. The number of halogens is 2. The van der Waals surface area contributed by atoms with E-state index in [1.165, 1.54) is 4.57 Å². The van der Waals surface area contributed by atoms with Gasteiger partial charge in [-0.3, -0.25) is 4.57 Å². The van der Waals surface area contributed by atoms with E-state index in [1.807, 2.05) is 40.7 Å². The van der Waals surface area contributed by atoms with Gasteiger partial charge in [-0.25, -0.2) is 4.79 Å². The van der Waals surface area contributed by atoms with E-state index in [1.54, 1.807) is 6.20 Å². The van der Waals surface area contributed by atoms with E-state index in [0.717, 1.165) is 31.3 Å². The third-order valence-corrected chi connectivity index (χ3v) is 4.79. The number of benzene rings is 1. The van der Waals surface area contributed by atoms with Gasteiger partial charge in [-0.1, -0.05) is 15.9 Å². The molecular formula is C17H19Br2NO2. The maximum Gasteiger partial charge on any atom is 0.419 e.